The number of halogens is 2. The molecule has 0 bridgehead atoms. The third-order valence-corrected chi connectivity index (χ3v) is 4.15. The molecular formula is C16H16F2N2O3S. The molecule has 0 radical (unpaired) electrons. The van der Waals surface area contributed by atoms with Crippen molar-refractivity contribution in [1.29, 1.82) is 0 Å². The van der Waals surface area contributed by atoms with Crippen LogP contribution in [0.5, 0.6) is 5.75 Å². The van der Waals surface area contributed by atoms with Crippen LogP contribution in [0, 0.1) is 0 Å². The molecule has 0 spiro atoms. The Morgan fingerprint density at radius 3 is 2.50 bits per heavy atom. The van der Waals surface area contributed by atoms with Gasteiger partial charge in [0.2, 0.25) is 5.91 Å². The summed E-state index contributed by atoms with van der Waals surface area (Å²) < 4.78 is 28.3. The van der Waals surface area contributed by atoms with Crippen LogP contribution in [-0.2, 0) is 4.79 Å². The molecule has 1 heterocycles. The highest BCUT2D eigenvalue weighted by Gasteiger charge is 2.12. The Hall–Kier alpha value is -2.48. The quantitative estimate of drug-likeness (QED) is 0.803. The predicted octanol–water partition coefficient (Wildman–Crippen LogP) is 2.96. The van der Waals surface area contributed by atoms with Crippen molar-refractivity contribution in [3.63, 3.8) is 0 Å². The van der Waals surface area contributed by atoms with E-state index in [9.17, 15) is 18.4 Å². The lowest BCUT2D eigenvalue weighted by Crippen LogP contribution is -2.37. The smallest absolute Gasteiger partial charge is 0.387 e. The lowest BCUT2D eigenvalue weighted by Gasteiger charge is -2.12. The first-order valence-electron chi connectivity index (χ1n) is 7.11. The lowest BCUT2D eigenvalue weighted by molar-refractivity contribution is -0.120. The maximum absolute atomic E-state index is 12.1. The van der Waals surface area contributed by atoms with Gasteiger partial charge in [0.25, 0.3) is 5.91 Å². The molecule has 0 aliphatic heterocycles. The fourth-order valence-electron chi connectivity index (χ4n) is 1.95. The number of hydrogen-bond donors (Lipinski definition) is 2. The molecule has 128 valence electrons. The molecule has 0 saturated carbocycles. The molecule has 1 atom stereocenters. The van der Waals surface area contributed by atoms with E-state index in [0.717, 1.165) is 4.88 Å². The number of amides is 2. The van der Waals surface area contributed by atoms with Gasteiger partial charge in [0.05, 0.1) is 12.6 Å². The monoisotopic (exact) mass is 354 g/mol. The summed E-state index contributed by atoms with van der Waals surface area (Å²) in [5.41, 5.74) is 0.246. The van der Waals surface area contributed by atoms with Gasteiger partial charge in [0.1, 0.15) is 5.75 Å². The van der Waals surface area contributed by atoms with E-state index in [1.807, 2.05) is 24.4 Å². The molecule has 1 aromatic heterocycles. The van der Waals surface area contributed by atoms with Crippen LogP contribution in [0.15, 0.2) is 41.8 Å². The number of thiophene rings is 1. The summed E-state index contributed by atoms with van der Waals surface area (Å²) in [6.07, 6.45) is 0. The topological polar surface area (TPSA) is 67.4 Å². The van der Waals surface area contributed by atoms with Gasteiger partial charge in [-0.2, -0.15) is 8.78 Å². The predicted molar refractivity (Wildman–Crippen MR) is 86.3 cm³/mol. The molecule has 0 aliphatic rings. The summed E-state index contributed by atoms with van der Waals surface area (Å²) in [7, 11) is 0. The van der Waals surface area contributed by atoms with Crippen molar-refractivity contribution in [2.45, 2.75) is 19.6 Å². The maximum Gasteiger partial charge on any atom is 0.387 e. The minimum Gasteiger partial charge on any atom is -0.435 e. The van der Waals surface area contributed by atoms with Crippen molar-refractivity contribution < 1.29 is 23.1 Å². The Morgan fingerprint density at radius 2 is 1.92 bits per heavy atom. The van der Waals surface area contributed by atoms with Gasteiger partial charge in [0.15, 0.2) is 0 Å². The molecule has 2 aromatic rings. The van der Waals surface area contributed by atoms with E-state index in [2.05, 4.69) is 15.4 Å². The van der Waals surface area contributed by atoms with E-state index >= 15 is 0 Å². The highest BCUT2D eigenvalue weighted by atomic mass is 32.1. The Labute approximate surface area is 141 Å². The van der Waals surface area contributed by atoms with Crippen molar-refractivity contribution >= 4 is 23.2 Å². The standard InChI is InChI=1S/C16H16F2N2O3S/c1-10(13-3-2-8-24-13)20-14(21)9-19-15(22)11-4-6-12(7-5-11)23-16(17)18/h2-8,10,16H,9H2,1H3,(H,19,22)(H,20,21). The summed E-state index contributed by atoms with van der Waals surface area (Å²) in [4.78, 5) is 24.8. The van der Waals surface area contributed by atoms with E-state index in [0.29, 0.717) is 0 Å². The number of nitrogens with one attached hydrogen (secondary N) is 2. The third kappa shape index (κ3) is 5.31. The summed E-state index contributed by atoms with van der Waals surface area (Å²) in [5, 5.41) is 7.16. The number of carbonyl (C=O) groups is 2. The van der Waals surface area contributed by atoms with Gasteiger partial charge in [-0.3, -0.25) is 9.59 Å². The minimum absolute atomic E-state index is 0.0379. The molecule has 0 fully saturated rings. The van der Waals surface area contributed by atoms with Crippen LogP contribution in [-0.4, -0.2) is 25.0 Å². The number of benzene rings is 1. The van der Waals surface area contributed by atoms with Gasteiger partial charge in [-0.05, 0) is 42.6 Å². The SMILES string of the molecule is CC(NC(=O)CNC(=O)c1ccc(OC(F)F)cc1)c1cccs1. The maximum atomic E-state index is 12.1. The molecule has 24 heavy (non-hydrogen) atoms. The van der Waals surface area contributed by atoms with Gasteiger partial charge >= 0.3 is 6.61 Å². The summed E-state index contributed by atoms with van der Waals surface area (Å²) in [6.45, 7) is -1.24. The Balaban J connectivity index is 1.80. The first-order valence-corrected chi connectivity index (χ1v) is 7.99. The van der Waals surface area contributed by atoms with Gasteiger partial charge in [-0.15, -0.1) is 11.3 Å². The molecule has 2 N–H and O–H groups in total. The van der Waals surface area contributed by atoms with E-state index in [1.165, 1.54) is 35.6 Å². The van der Waals surface area contributed by atoms with E-state index in [4.69, 9.17) is 0 Å². The Kier molecular flexibility index (Phi) is 6.25. The second-order valence-corrected chi connectivity index (χ2v) is 5.87. The fraction of sp³-hybridized carbons (Fsp3) is 0.250. The number of ether oxygens (including phenoxy) is 1. The largest absolute Gasteiger partial charge is 0.435 e. The van der Waals surface area contributed by atoms with Crippen molar-refractivity contribution in [1.82, 2.24) is 10.6 Å². The zero-order valence-electron chi connectivity index (χ0n) is 12.8. The average Bonchev–Trinajstić information content (AvgIpc) is 3.07. The first kappa shape index (κ1) is 17.9. The van der Waals surface area contributed by atoms with Gasteiger partial charge in [-0.1, -0.05) is 6.07 Å². The number of alkyl halides is 2. The van der Waals surface area contributed by atoms with Crippen molar-refractivity contribution in [2.75, 3.05) is 6.54 Å². The zero-order valence-corrected chi connectivity index (χ0v) is 13.6. The third-order valence-electron chi connectivity index (χ3n) is 3.10. The molecule has 2 rings (SSSR count). The van der Waals surface area contributed by atoms with E-state index < -0.39 is 12.5 Å². The highest BCUT2D eigenvalue weighted by Crippen LogP contribution is 2.18. The summed E-state index contributed by atoms with van der Waals surface area (Å²) in [5.74, 6) is -0.830. The van der Waals surface area contributed by atoms with Gasteiger partial charge in [0, 0.05) is 10.4 Å². The highest BCUT2D eigenvalue weighted by molar-refractivity contribution is 7.10. The fourth-order valence-corrected chi connectivity index (χ4v) is 2.69. The molecule has 1 aromatic carbocycles. The Morgan fingerprint density at radius 1 is 1.21 bits per heavy atom. The van der Waals surface area contributed by atoms with Crippen LogP contribution in [0.1, 0.15) is 28.2 Å². The van der Waals surface area contributed by atoms with Crippen molar-refractivity contribution in [3.8, 4) is 5.75 Å². The van der Waals surface area contributed by atoms with Crippen molar-refractivity contribution in [3.05, 3.63) is 52.2 Å². The zero-order chi connectivity index (χ0) is 17.5. The summed E-state index contributed by atoms with van der Waals surface area (Å²) in [6, 6.07) is 8.89. The lowest BCUT2D eigenvalue weighted by atomic mass is 10.2. The number of hydrogen-bond acceptors (Lipinski definition) is 4. The van der Waals surface area contributed by atoms with Gasteiger partial charge < -0.3 is 15.4 Å². The number of carbonyl (C=O) groups excluding carboxylic acids is 2. The number of rotatable bonds is 7. The van der Waals surface area contributed by atoms with Gasteiger partial charge in [-0.25, -0.2) is 0 Å². The minimum atomic E-state index is -2.92. The van der Waals surface area contributed by atoms with Crippen molar-refractivity contribution in [2.24, 2.45) is 0 Å². The molecule has 8 heteroatoms. The first-order chi connectivity index (χ1) is 11.5. The molecular weight excluding hydrogens is 338 g/mol. The average molecular weight is 354 g/mol. The molecule has 2 amide bonds. The normalized spacial score (nSPS) is 11.8. The molecule has 1 unspecified atom stereocenters. The van der Waals surface area contributed by atoms with Crippen LogP contribution in [0.3, 0.4) is 0 Å². The molecule has 0 aliphatic carbocycles. The molecule has 5 nitrogen and oxygen atoms in total. The second-order valence-electron chi connectivity index (χ2n) is 4.89. The van der Waals surface area contributed by atoms with E-state index in [-0.39, 0.29) is 29.8 Å². The Bertz CT molecular complexity index is 675. The van der Waals surface area contributed by atoms with Crippen LogP contribution in [0.25, 0.3) is 0 Å². The summed E-state index contributed by atoms with van der Waals surface area (Å²) >= 11 is 1.53. The second kappa shape index (κ2) is 8.39. The van der Waals surface area contributed by atoms with Crippen LogP contribution < -0.4 is 15.4 Å². The van der Waals surface area contributed by atoms with E-state index in [1.54, 1.807) is 0 Å². The molecule has 0 saturated heterocycles. The van der Waals surface area contributed by atoms with Crippen LogP contribution in [0.4, 0.5) is 8.78 Å². The van der Waals surface area contributed by atoms with Crippen LogP contribution >= 0.6 is 11.3 Å². The van der Waals surface area contributed by atoms with Crippen LogP contribution in [0.2, 0.25) is 0 Å².